The average molecular weight is 455 g/mol. The van der Waals surface area contributed by atoms with E-state index < -0.39 is 66.8 Å². The van der Waals surface area contributed by atoms with Crippen LogP contribution in [-0.4, -0.2) is 80.6 Å². The van der Waals surface area contributed by atoms with Crippen molar-refractivity contribution < 1.29 is 34.2 Å². The lowest BCUT2D eigenvalue weighted by atomic mass is 10.0. The molecule has 10 N–H and O–H groups in total. The van der Waals surface area contributed by atoms with Crippen LogP contribution in [0.5, 0.6) is 0 Å². The average Bonchev–Trinajstić information content (AvgIpc) is 3.22. The highest BCUT2D eigenvalue weighted by molar-refractivity contribution is 5.96. The highest BCUT2D eigenvalue weighted by atomic mass is 16.4. The molecule has 0 aliphatic rings. The smallest absolute Gasteiger partial charge is 0.328 e. The molecular formula is C18H29N7O7. The Balaban J connectivity index is 3.04. The Labute approximate surface area is 183 Å². The van der Waals surface area contributed by atoms with Crippen molar-refractivity contribution in [2.45, 2.75) is 50.9 Å². The number of aromatic amines is 1. The maximum absolute atomic E-state index is 12.9. The third-order valence-electron chi connectivity index (χ3n) is 4.47. The third-order valence-corrected chi connectivity index (χ3v) is 4.47. The Morgan fingerprint density at radius 1 is 1.03 bits per heavy atom. The summed E-state index contributed by atoms with van der Waals surface area (Å²) in [5, 5.41) is 24.8. The number of nitrogens with zero attached hydrogens (tertiary/aromatic N) is 1. The number of hydrogen-bond acceptors (Lipinski definition) is 8. The molecule has 4 atom stereocenters. The molecule has 0 bridgehead atoms. The van der Waals surface area contributed by atoms with Gasteiger partial charge in [0.25, 0.3) is 0 Å². The molecule has 32 heavy (non-hydrogen) atoms. The monoisotopic (exact) mass is 455 g/mol. The van der Waals surface area contributed by atoms with Crippen LogP contribution in [0.1, 0.15) is 26.0 Å². The highest BCUT2D eigenvalue weighted by Crippen LogP contribution is 2.04. The molecular weight excluding hydrogens is 426 g/mol. The van der Waals surface area contributed by atoms with Crippen molar-refractivity contribution in [3.63, 3.8) is 0 Å². The molecule has 0 aliphatic carbocycles. The second kappa shape index (κ2) is 12.4. The fourth-order valence-corrected chi connectivity index (χ4v) is 2.54. The zero-order valence-corrected chi connectivity index (χ0v) is 17.7. The van der Waals surface area contributed by atoms with Gasteiger partial charge in [0.15, 0.2) is 0 Å². The molecule has 0 aromatic carbocycles. The van der Waals surface area contributed by atoms with Crippen LogP contribution >= 0.6 is 0 Å². The van der Waals surface area contributed by atoms with Gasteiger partial charge >= 0.3 is 5.97 Å². The van der Waals surface area contributed by atoms with Crippen molar-refractivity contribution in [1.29, 1.82) is 0 Å². The van der Waals surface area contributed by atoms with Crippen LogP contribution in [0.25, 0.3) is 0 Å². The highest BCUT2D eigenvalue weighted by Gasteiger charge is 2.31. The molecule has 1 aromatic rings. The Bertz CT molecular complexity index is 813. The number of carboxylic acids is 1. The van der Waals surface area contributed by atoms with Crippen molar-refractivity contribution in [3.8, 4) is 0 Å². The number of imidazole rings is 1. The topological polar surface area (TPSA) is 243 Å². The SMILES string of the molecule is CC(C)C(N)C(=O)NC(Cc1cnc[nH]1)C(=O)NC(CC(N)=O)C(=O)NC(CO)C(=O)O. The molecule has 178 valence electrons. The van der Waals surface area contributed by atoms with Crippen molar-refractivity contribution in [1.82, 2.24) is 25.9 Å². The summed E-state index contributed by atoms with van der Waals surface area (Å²) < 4.78 is 0. The first-order valence-electron chi connectivity index (χ1n) is 9.72. The standard InChI is InChI=1S/C18H29N7O7/c1-8(2)14(20)17(30)24-10(3-9-5-21-7-22-9)15(28)23-11(4-13(19)27)16(29)25-12(6-26)18(31)32/h5,7-8,10-12,14,26H,3-4,6,20H2,1-2H3,(H2,19,27)(H,21,22)(H,23,28)(H,24,30)(H,25,29)(H,31,32). The minimum Gasteiger partial charge on any atom is -0.480 e. The number of primary amides is 1. The summed E-state index contributed by atoms with van der Waals surface area (Å²) in [5.41, 5.74) is 11.5. The Morgan fingerprint density at radius 2 is 1.59 bits per heavy atom. The van der Waals surface area contributed by atoms with Crippen LogP contribution < -0.4 is 27.4 Å². The largest absolute Gasteiger partial charge is 0.480 e. The molecule has 1 aromatic heterocycles. The third kappa shape index (κ3) is 8.31. The van der Waals surface area contributed by atoms with E-state index in [1.54, 1.807) is 13.8 Å². The lowest BCUT2D eigenvalue weighted by molar-refractivity contribution is -0.143. The maximum atomic E-state index is 12.9. The first-order chi connectivity index (χ1) is 15.0. The molecule has 0 aliphatic heterocycles. The predicted octanol–water partition coefficient (Wildman–Crippen LogP) is -3.66. The molecule has 14 heteroatoms. The number of H-pyrrole nitrogens is 1. The molecule has 0 saturated heterocycles. The molecule has 1 rings (SSSR count). The number of aromatic nitrogens is 2. The van der Waals surface area contributed by atoms with Gasteiger partial charge in [0.05, 0.1) is 25.4 Å². The summed E-state index contributed by atoms with van der Waals surface area (Å²) in [4.78, 5) is 66.7. The lowest BCUT2D eigenvalue weighted by Crippen LogP contribution is -2.59. The molecule has 4 unspecified atom stereocenters. The van der Waals surface area contributed by atoms with Gasteiger partial charge in [0, 0.05) is 18.3 Å². The number of carbonyl (C=O) groups excluding carboxylic acids is 4. The number of aliphatic carboxylic acids is 1. The van der Waals surface area contributed by atoms with Crippen LogP contribution in [0.15, 0.2) is 12.5 Å². The van der Waals surface area contributed by atoms with E-state index in [0.29, 0.717) is 5.69 Å². The van der Waals surface area contributed by atoms with Crippen LogP contribution in [0.4, 0.5) is 0 Å². The fourth-order valence-electron chi connectivity index (χ4n) is 2.54. The first-order valence-corrected chi connectivity index (χ1v) is 9.72. The Morgan fingerprint density at radius 3 is 2.06 bits per heavy atom. The van der Waals surface area contributed by atoms with Crippen molar-refractivity contribution in [2.24, 2.45) is 17.4 Å². The molecule has 4 amide bonds. The first kappa shape index (κ1) is 26.5. The van der Waals surface area contributed by atoms with E-state index in [-0.39, 0.29) is 12.3 Å². The van der Waals surface area contributed by atoms with Crippen molar-refractivity contribution in [3.05, 3.63) is 18.2 Å². The Hall–Kier alpha value is -3.52. The number of nitrogens with one attached hydrogen (secondary N) is 4. The summed E-state index contributed by atoms with van der Waals surface area (Å²) in [5.74, 6) is -5.19. The number of carboxylic acid groups (broad SMARTS) is 1. The molecule has 14 nitrogen and oxygen atoms in total. The number of nitrogens with two attached hydrogens (primary N) is 2. The zero-order chi connectivity index (χ0) is 24.4. The lowest BCUT2D eigenvalue weighted by Gasteiger charge is -2.25. The molecule has 1 heterocycles. The predicted molar refractivity (Wildman–Crippen MR) is 109 cm³/mol. The van der Waals surface area contributed by atoms with Crippen LogP contribution in [0.2, 0.25) is 0 Å². The second-order valence-corrected chi connectivity index (χ2v) is 7.43. The number of aliphatic hydroxyl groups excluding tert-OH is 1. The van der Waals surface area contributed by atoms with E-state index in [2.05, 4.69) is 20.6 Å². The maximum Gasteiger partial charge on any atom is 0.328 e. The van der Waals surface area contributed by atoms with Gasteiger partial charge < -0.3 is 42.6 Å². The summed E-state index contributed by atoms with van der Waals surface area (Å²) in [6.07, 6.45) is 2.12. The molecule has 0 spiro atoms. The van der Waals surface area contributed by atoms with E-state index in [1.165, 1.54) is 12.5 Å². The number of rotatable bonds is 13. The van der Waals surface area contributed by atoms with E-state index >= 15 is 0 Å². The minimum absolute atomic E-state index is 0.0400. The van der Waals surface area contributed by atoms with Gasteiger partial charge in [0.1, 0.15) is 18.1 Å². The van der Waals surface area contributed by atoms with Crippen LogP contribution in [-0.2, 0) is 30.4 Å². The van der Waals surface area contributed by atoms with Gasteiger partial charge in [-0.3, -0.25) is 19.2 Å². The fraction of sp³-hybridized carbons (Fsp3) is 0.556. The van der Waals surface area contributed by atoms with Gasteiger partial charge in [-0.2, -0.15) is 0 Å². The van der Waals surface area contributed by atoms with E-state index in [1.807, 2.05) is 5.32 Å². The number of hydrogen-bond donors (Lipinski definition) is 8. The molecule has 0 saturated carbocycles. The second-order valence-electron chi connectivity index (χ2n) is 7.43. The normalized spacial score (nSPS) is 14.7. The van der Waals surface area contributed by atoms with Gasteiger partial charge in [-0.25, -0.2) is 9.78 Å². The van der Waals surface area contributed by atoms with Crippen LogP contribution in [0.3, 0.4) is 0 Å². The van der Waals surface area contributed by atoms with E-state index in [0.717, 1.165) is 0 Å². The summed E-state index contributed by atoms with van der Waals surface area (Å²) in [6, 6.07) is -5.31. The van der Waals surface area contributed by atoms with Crippen molar-refractivity contribution >= 4 is 29.6 Å². The minimum atomic E-state index is -1.65. The van der Waals surface area contributed by atoms with Gasteiger partial charge in [-0.1, -0.05) is 13.8 Å². The molecule has 0 fully saturated rings. The summed E-state index contributed by atoms with van der Waals surface area (Å²) in [7, 11) is 0. The van der Waals surface area contributed by atoms with E-state index in [9.17, 15) is 24.0 Å². The van der Waals surface area contributed by atoms with Crippen LogP contribution in [0, 0.1) is 5.92 Å². The molecule has 0 radical (unpaired) electrons. The van der Waals surface area contributed by atoms with Gasteiger partial charge in [-0.15, -0.1) is 0 Å². The summed E-state index contributed by atoms with van der Waals surface area (Å²) >= 11 is 0. The van der Waals surface area contributed by atoms with Gasteiger partial charge in [0.2, 0.25) is 23.6 Å². The number of aliphatic hydroxyl groups is 1. The number of carbonyl (C=O) groups is 5. The van der Waals surface area contributed by atoms with E-state index in [4.69, 9.17) is 21.7 Å². The zero-order valence-electron chi connectivity index (χ0n) is 17.7. The summed E-state index contributed by atoms with van der Waals surface area (Å²) in [6.45, 7) is 2.53. The number of amides is 4. The quantitative estimate of drug-likeness (QED) is 0.146. The van der Waals surface area contributed by atoms with Crippen molar-refractivity contribution in [2.75, 3.05) is 6.61 Å². The Kier molecular flexibility index (Phi) is 10.2. The van der Waals surface area contributed by atoms with Gasteiger partial charge in [-0.05, 0) is 5.92 Å².